The topological polar surface area (TPSA) is 52.6 Å². The standard InChI is InChI=1S/C24H30O4/c25-19-21-9-13-23(14-10-21)27-17-7-5-3-1-2-4-6-8-18-28-24-15-11-22(20-26)12-16-24/h9-16,19-20H,1-8,17-18H2. The first-order chi connectivity index (χ1) is 13.8. The van der Waals surface area contributed by atoms with Gasteiger partial charge in [0.1, 0.15) is 24.1 Å². The molecule has 2 aromatic rings. The second kappa shape index (κ2) is 13.5. The summed E-state index contributed by atoms with van der Waals surface area (Å²) in [4.78, 5) is 21.2. The predicted octanol–water partition coefficient (Wildman–Crippen LogP) is 5.89. The molecule has 0 aliphatic rings. The molecule has 0 unspecified atom stereocenters. The lowest BCUT2D eigenvalue weighted by atomic mass is 10.1. The number of carbonyl (C=O) groups is 2. The van der Waals surface area contributed by atoms with Gasteiger partial charge >= 0.3 is 0 Å². The molecular weight excluding hydrogens is 352 g/mol. The molecule has 2 aromatic carbocycles. The molecule has 0 fully saturated rings. The molecule has 2 rings (SSSR count). The Morgan fingerprint density at radius 3 is 1.14 bits per heavy atom. The van der Waals surface area contributed by atoms with E-state index < -0.39 is 0 Å². The van der Waals surface area contributed by atoms with Gasteiger partial charge in [0.05, 0.1) is 13.2 Å². The van der Waals surface area contributed by atoms with Gasteiger partial charge in [-0.3, -0.25) is 9.59 Å². The van der Waals surface area contributed by atoms with E-state index in [0.717, 1.165) is 50.1 Å². The van der Waals surface area contributed by atoms with Crippen LogP contribution in [0.4, 0.5) is 0 Å². The molecule has 0 aliphatic heterocycles. The third kappa shape index (κ3) is 8.85. The van der Waals surface area contributed by atoms with Crippen LogP contribution in [0.5, 0.6) is 11.5 Å². The summed E-state index contributed by atoms with van der Waals surface area (Å²) in [5.74, 6) is 1.65. The minimum absolute atomic E-state index is 0.673. The zero-order valence-electron chi connectivity index (χ0n) is 16.5. The molecular formula is C24H30O4. The number of hydrogen-bond acceptors (Lipinski definition) is 4. The van der Waals surface area contributed by atoms with Crippen molar-refractivity contribution in [3.63, 3.8) is 0 Å². The van der Waals surface area contributed by atoms with Crippen LogP contribution in [0.2, 0.25) is 0 Å². The van der Waals surface area contributed by atoms with Crippen molar-refractivity contribution in [3.8, 4) is 11.5 Å². The van der Waals surface area contributed by atoms with Gasteiger partial charge in [-0.05, 0) is 61.4 Å². The third-order valence-electron chi connectivity index (χ3n) is 4.61. The molecule has 0 aliphatic carbocycles. The van der Waals surface area contributed by atoms with Crippen LogP contribution in [-0.4, -0.2) is 25.8 Å². The Morgan fingerprint density at radius 1 is 0.500 bits per heavy atom. The van der Waals surface area contributed by atoms with E-state index in [4.69, 9.17) is 9.47 Å². The lowest BCUT2D eigenvalue weighted by molar-refractivity contribution is 0.111. The predicted molar refractivity (Wildman–Crippen MR) is 112 cm³/mol. The van der Waals surface area contributed by atoms with Crippen molar-refractivity contribution in [2.75, 3.05) is 13.2 Å². The van der Waals surface area contributed by atoms with E-state index in [2.05, 4.69) is 0 Å². The maximum atomic E-state index is 10.6. The number of hydrogen-bond donors (Lipinski definition) is 0. The van der Waals surface area contributed by atoms with E-state index in [1.54, 1.807) is 24.3 Å². The highest BCUT2D eigenvalue weighted by molar-refractivity contribution is 5.75. The monoisotopic (exact) mass is 382 g/mol. The first-order valence-corrected chi connectivity index (χ1v) is 10.2. The number of rotatable bonds is 15. The lowest BCUT2D eigenvalue weighted by Gasteiger charge is -2.07. The Hall–Kier alpha value is -2.62. The number of aldehydes is 2. The molecule has 0 saturated carbocycles. The molecule has 4 heteroatoms. The fourth-order valence-electron chi connectivity index (χ4n) is 2.93. The van der Waals surface area contributed by atoms with Crippen LogP contribution in [0.25, 0.3) is 0 Å². The summed E-state index contributed by atoms with van der Waals surface area (Å²) in [6.07, 6.45) is 11.2. The first-order valence-electron chi connectivity index (χ1n) is 10.2. The van der Waals surface area contributed by atoms with Gasteiger partial charge in [0, 0.05) is 11.1 Å². The average Bonchev–Trinajstić information content (AvgIpc) is 2.75. The fraction of sp³-hybridized carbons (Fsp3) is 0.417. The molecule has 0 N–H and O–H groups in total. The van der Waals surface area contributed by atoms with Crippen LogP contribution in [0.3, 0.4) is 0 Å². The maximum Gasteiger partial charge on any atom is 0.150 e. The SMILES string of the molecule is O=Cc1ccc(OCCCCCCCCCCOc2ccc(C=O)cc2)cc1. The van der Waals surface area contributed by atoms with E-state index in [1.807, 2.05) is 24.3 Å². The van der Waals surface area contributed by atoms with Crippen LogP contribution in [0, 0.1) is 0 Å². The Balaban J connectivity index is 1.37. The summed E-state index contributed by atoms with van der Waals surface area (Å²) >= 11 is 0. The Labute approximate surface area is 167 Å². The molecule has 0 atom stereocenters. The van der Waals surface area contributed by atoms with Gasteiger partial charge in [-0.25, -0.2) is 0 Å². The van der Waals surface area contributed by atoms with Gasteiger partial charge in [-0.15, -0.1) is 0 Å². The zero-order valence-corrected chi connectivity index (χ0v) is 16.5. The number of ether oxygens (including phenoxy) is 2. The summed E-state index contributed by atoms with van der Waals surface area (Å²) in [5.41, 5.74) is 1.35. The minimum Gasteiger partial charge on any atom is -0.494 e. The molecule has 28 heavy (non-hydrogen) atoms. The molecule has 4 nitrogen and oxygen atoms in total. The quantitative estimate of drug-likeness (QED) is 0.285. The maximum absolute atomic E-state index is 10.6. The Bertz CT molecular complexity index is 615. The van der Waals surface area contributed by atoms with Crippen LogP contribution in [0.1, 0.15) is 72.1 Å². The van der Waals surface area contributed by atoms with Gasteiger partial charge in [0.15, 0.2) is 0 Å². The lowest BCUT2D eigenvalue weighted by Crippen LogP contribution is -1.98. The molecule has 0 saturated heterocycles. The van der Waals surface area contributed by atoms with Crippen molar-refractivity contribution in [1.29, 1.82) is 0 Å². The van der Waals surface area contributed by atoms with Crippen molar-refractivity contribution in [3.05, 3.63) is 59.7 Å². The molecule has 150 valence electrons. The second-order valence-electron chi connectivity index (χ2n) is 6.90. The first kappa shape index (κ1) is 21.7. The summed E-state index contributed by atoms with van der Waals surface area (Å²) in [6.45, 7) is 1.46. The van der Waals surface area contributed by atoms with E-state index in [-0.39, 0.29) is 0 Å². The van der Waals surface area contributed by atoms with Crippen molar-refractivity contribution in [1.82, 2.24) is 0 Å². The average molecular weight is 382 g/mol. The van der Waals surface area contributed by atoms with Crippen molar-refractivity contribution < 1.29 is 19.1 Å². The van der Waals surface area contributed by atoms with E-state index in [9.17, 15) is 9.59 Å². The Kier molecular flexibility index (Phi) is 10.5. The molecule has 0 bridgehead atoms. The number of unbranched alkanes of at least 4 members (excludes halogenated alkanes) is 7. The number of benzene rings is 2. The van der Waals surface area contributed by atoms with Gasteiger partial charge in [0.25, 0.3) is 0 Å². The second-order valence-corrected chi connectivity index (χ2v) is 6.90. The highest BCUT2D eigenvalue weighted by Gasteiger charge is 1.97. The van der Waals surface area contributed by atoms with E-state index in [0.29, 0.717) is 11.1 Å². The van der Waals surface area contributed by atoms with Gasteiger partial charge in [-0.2, -0.15) is 0 Å². The highest BCUT2D eigenvalue weighted by Crippen LogP contribution is 2.14. The van der Waals surface area contributed by atoms with Gasteiger partial charge < -0.3 is 9.47 Å². The Morgan fingerprint density at radius 2 is 0.821 bits per heavy atom. The smallest absolute Gasteiger partial charge is 0.150 e. The normalized spacial score (nSPS) is 10.4. The van der Waals surface area contributed by atoms with E-state index >= 15 is 0 Å². The number of carbonyl (C=O) groups excluding carboxylic acids is 2. The minimum atomic E-state index is 0.673. The fourth-order valence-corrected chi connectivity index (χ4v) is 2.93. The van der Waals surface area contributed by atoms with Crippen LogP contribution >= 0.6 is 0 Å². The summed E-state index contributed by atoms with van der Waals surface area (Å²) in [6, 6.07) is 14.5. The molecule has 0 heterocycles. The van der Waals surface area contributed by atoms with Gasteiger partial charge in [-0.1, -0.05) is 38.5 Å². The third-order valence-corrected chi connectivity index (χ3v) is 4.61. The zero-order chi connectivity index (χ0) is 19.9. The molecule has 0 amide bonds. The molecule has 0 spiro atoms. The largest absolute Gasteiger partial charge is 0.494 e. The van der Waals surface area contributed by atoms with E-state index in [1.165, 1.54) is 38.5 Å². The van der Waals surface area contributed by atoms with Crippen molar-refractivity contribution in [2.24, 2.45) is 0 Å². The molecule has 0 aromatic heterocycles. The van der Waals surface area contributed by atoms with Crippen molar-refractivity contribution >= 4 is 12.6 Å². The van der Waals surface area contributed by atoms with Crippen molar-refractivity contribution in [2.45, 2.75) is 51.4 Å². The van der Waals surface area contributed by atoms with Crippen LogP contribution in [0.15, 0.2) is 48.5 Å². The highest BCUT2D eigenvalue weighted by atomic mass is 16.5. The van der Waals surface area contributed by atoms with Crippen LogP contribution < -0.4 is 9.47 Å². The van der Waals surface area contributed by atoms with Crippen LogP contribution in [-0.2, 0) is 0 Å². The summed E-state index contributed by atoms with van der Waals surface area (Å²) in [5, 5.41) is 0. The summed E-state index contributed by atoms with van der Waals surface area (Å²) in [7, 11) is 0. The summed E-state index contributed by atoms with van der Waals surface area (Å²) < 4.78 is 11.4. The molecule has 0 radical (unpaired) electrons. The van der Waals surface area contributed by atoms with Gasteiger partial charge in [0.2, 0.25) is 0 Å².